The molecule has 138 valence electrons. The molecular formula is C22H28N2O2. The molecule has 1 atom stereocenters. The fourth-order valence-electron chi connectivity index (χ4n) is 3.25. The molecule has 0 aliphatic carbocycles. The zero-order valence-corrected chi connectivity index (χ0v) is 16.5. The average molecular weight is 352 g/mol. The third-order valence-corrected chi connectivity index (χ3v) is 4.81. The highest BCUT2D eigenvalue weighted by Crippen LogP contribution is 2.41. The molecule has 0 amide bonds. The molecule has 0 saturated carbocycles. The van der Waals surface area contributed by atoms with Crippen molar-refractivity contribution in [1.82, 2.24) is 4.98 Å². The summed E-state index contributed by atoms with van der Waals surface area (Å²) in [5.41, 5.74) is 4.57. The molecule has 1 N–H and O–H groups in total. The zero-order chi connectivity index (χ0) is 19.1. The van der Waals surface area contributed by atoms with Crippen molar-refractivity contribution in [3.8, 4) is 5.75 Å². The van der Waals surface area contributed by atoms with Gasteiger partial charge in [-0.2, -0.15) is 0 Å². The Morgan fingerprint density at radius 1 is 0.962 bits per heavy atom. The first kappa shape index (κ1) is 18.4. The molecule has 0 spiro atoms. The minimum Gasteiger partial charge on any atom is -0.507 e. The summed E-state index contributed by atoms with van der Waals surface area (Å²) in [5, 5.41) is 15.2. The van der Waals surface area contributed by atoms with Crippen molar-refractivity contribution in [2.24, 2.45) is 5.16 Å². The Kier molecular flexibility index (Phi) is 4.55. The monoisotopic (exact) mass is 352 g/mol. The molecule has 3 rings (SSSR count). The fourth-order valence-corrected chi connectivity index (χ4v) is 3.25. The van der Waals surface area contributed by atoms with Crippen LogP contribution < -0.4 is 0 Å². The van der Waals surface area contributed by atoms with Crippen molar-refractivity contribution in [3.63, 3.8) is 0 Å². The first-order valence-electron chi connectivity index (χ1n) is 9.08. The molecule has 0 radical (unpaired) electrons. The topological polar surface area (TPSA) is 54.7 Å². The third-order valence-electron chi connectivity index (χ3n) is 4.81. The number of aromatic hydroxyl groups is 1. The van der Waals surface area contributed by atoms with E-state index in [9.17, 15) is 5.11 Å². The number of pyridine rings is 1. The molecule has 1 aromatic carbocycles. The number of aromatic nitrogens is 1. The molecule has 2 aromatic rings. The van der Waals surface area contributed by atoms with E-state index in [0.717, 1.165) is 28.0 Å². The first-order valence-corrected chi connectivity index (χ1v) is 9.08. The highest BCUT2D eigenvalue weighted by atomic mass is 16.6. The summed E-state index contributed by atoms with van der Waals surface area (Å²) in [6, 6.07) is 8.03. The van der Waals surface area contributed by atoms with Crippen molar-refractivity contribution < 1.29 is 9.94 Å². The van der Waals surface area contributed by atoms with Crippen molar-refractivity contribution in [2.75, 3.05) is 0 Å². The summed E-state index contributed by atoms with van der Waals surface area (Å²) >= 11 is 0. The van der Waals surface area contributed by atoms with Crippen LogP contribution in [0.25, 0.3) is 0 Å². The summed E-state index contributed by atoms with van der Waals surface area (Å²) in [7, 11) is 0. The van der Waals surface area contributed by atoms with Gasteiger partial charge in [0.15, 0.2) is 6.10 Å². The van der Waals surface area contributed by atoms with E-state index in [1.54, 1.807) is 12.4 Å². The van der Waals surface area contributed by atoms with Gasteiger partial charge in [0.05, 0.1) is 5.71 Å². The molecule has 1 aliphatic rings. The lowest BCUT2D eigenvalue weighted by molar-refractivity contribution is 0.0857. The Bertz CT molecular complexity index is 792. The number of oxime groups is 1. The van der Waals surface area contributed by atoms with Gasteiger partial charge < -0.3 is 9.94 Å². The van der Waals surface area contributed by atoms with Crippen LogP contribution in [0.3, 0.4) is 0 Å². The lowest BCUT2D eigenvalue weighted by Gasteiger charge is -2.28. The van der Waals surface area contributed by atoms with E-state index < -0.39 is 0 Å². The summed E-state index contributed by atoms with van der Waals surface area (Å²) in [4.78, 5) is 9.75. The van der Waals surface area contributed by atoms with Gasteiger partial charge >= 0.3 is 0 Å². The Labute approximate surface area is 155 Å². The predicted octanol–water partition coefficient (Wildman–Crippen LogP) is 5.25. The lowest BCUT2D eigenvalue weighted by atomic mass is 9.77. The van der Waals surface area contributed by atoms with E-state index in [1.807, 2.05) is 12.1 Å². The smallest absolute Gasteiger partial charge is 0.158 e. The summed E-state index contributed by atoms with van der Waals surface area (Å²) < 4.78 is 0. The second-order valence-electron chi connectivity index (χ2n) is 9.04. The summed E-state index contributed by atoms with van der Waals surface area (Å²) in [6.07, 6.45) is 4.17. The normalized spacial score (nSPS) is 17.8. The molecular weight excluding hydrogens is 324 g/mol. The van der Waals surface area contributed by atoms with Crippen LogP contribution in [-0.2, 0) is 15.7 Å². The van der Waals surface area contributed by atoms with E-state index in [-0.39, 0.29) is 16.9 Å². The minimum absolute atomic E-state index is 0.0852. The Morgan fingerprint density at radius 3 is 2.00 bits per heavy atom. The van der Waals surface area contributed by atoms with Crippen LogP contribution in [0.2, 0.25) is 0 Å². The predicted molar refractivity (Wildman–Crippen MR) is 105 cm³/mol. The molecule has 1 aromatic heterocycles. The van der Waals surface area contributed by atoms with Gasteiger partial charge in [0.2, 0.25) is 0 Å². The molecule has 4 nitrogen and oxygen atoms in total. The van der Waals surface area contributed by atoms with Crippen LogP contribution in [0, 0.1) is 0 Å². The van der Waals surface area contributed by atoms with Crippen LogP contribution in [0.1, 0.15) is 76.3 Å². The maximum Gasteiger partial charge on any atom is 0.158 e. The standard InChI is InChI=1S/C22H28N2O2/c1-21(2,3)16-11-15(12-17(20(16)25)22(4,5)6)18-13-19(26-24-18)14-7-9-23-10-8-14/h7-12,19,25H,13H2,1-6H3. The van der Waals surface area contributed by atoms with E-state index in [2.05, 4.69) is 63.8 Å². The van der Waals surface area contributed by atoms with Gasteiger partial charge in [-0.05, 0) is 40.7 Å². The largest absolute Gasteiger partial charge is 0.507 e. The number of phenolic OH excluding ortho intramolecular Hbond substituents is 1. The van der Waals surface area contributed by atoms with Gasteiger partial charge in [-0.3, -0.25) is 4.98 Å². The Morgan fingerprint density at radius 2 is 1.50 bits per heavy atom. The van der Waals surface area contributed by atoms with Crippen molar-refractivity contribution >= 4 is 5.71 Å². The van der Waals surface area contributed by atoms with E-state index >= 15 is 0 Å². The number of phenols is 1. The molecule has 0 fully saturated rings. The quantitative estimate of drug-likeness (QED) is 0.803. The number of hydrogen-bond acceptors (Lipinski definition) is 4. The van der Waals surface area contributed by atoms with Crippen LogP contribution in [0.15, 0.2) is 41.8 Å². The van der Waals surface area contributed by atoms with E-state index in [1.165, 1.54) is 0 Å². The van der Waals surface area contributed by atoms with Crippen molar-refractivity contribution in [1.29, 1.82) is 0 Å². The first-order chi connectivity index (χ1) is 12.1. The number of nitrogens with zero attached hydrogens (tertiary/aromatic N) is 2. The SMILES string of the molecule is CC(C)(C)c1cc(C2=NOC(c3ccncc3)C2)cc(C(C)(C)C)c1O. The van der Waals surface area contributed by atoms with Crippen LogP contribution >= 0.6 is 0 Å². The molecule has 2 heterocycles. The Balaban J connectivity index is 2.01. The van der Waals surface area contributed by atoms with Crippen LogP contribution in [0.5, 0.6) is 5.75 Å². The third kappa shape index (κ3) is 3.59. The number of hydrogen-bond donors (Lipinski definition) is 1. The van der Waals surface area contributed by atoms with E-state index in [0.29, 0.717) is 12.2 Å². The molecule has 26 heavy (non-hydrogen) atoms. The highest BCUT2D eigenvalue weighted by molar-refractivity contribution is 6.02. The molecule has 1 aliphatic heterocycles. The number of benzene rings is 1. The zero-order valence-electron chi connectivity index (χ0n) is 16.5. The van der Waals surface area contributed by atoms with Crippen molar-refractivity contribution in [2.45, 2.75) is 64.9 Å². The highest BCUT2D eigenvalue weighted by Gasteiger charge is 2.30. The summed E-state index contributed by atoms with van der Waals surface area (Å²) in [5.74, 6) is 0.388. The van der Waals surface area contributed by atoms with Gasteiger partial charge in [0.1, 0.15) is 5.75 Å². The average Bonchev–Trinajstić information content (AvgIpc) is 3.03. The van der Waals surface area contributed by atoms with Crippen molar-refractivity contribution in [3.05, 3.63) is 58.9 Å². The van der Waals surface area contributed by atoms with Gasteiger partial charge in [0.25, 0.3) is 0 Å². The minimum atomic E-state index is -0.162. The van der Waals surface area contributed by atoms with Crippen LogP contribution in [0.4, 0.5) is 0 Å². The molecule has 0 bridgehead atoms. The van der Waals surface area contributed by atoms with Gasteiger partial charge in [-0.15, -0.1) is 0 Å². The molecule has 0 saturated heterocycles. The maximum absolute atomic E-state index is 10.9. The lowest BCUT2D eigenvalue weighted by Crippen LogP contribution is -2.18. The second-order valence-corrected chi connectivity index (χ2v) is 9.04. The van der Waals surface area contributed by atoms with E-state index in [4.69, 9.17) is 4.84 Å². The second kappa shape index (κ2) is 6.42. The maximum atomic E-state index is 10.9. The number of rotatable bonds is 2. The van der Waals surface area contributed by atoms with Gasteiger partial charge in [0, 0.05) is 35.5 Å². The summed E-state index contributed by atoms with van der Waals surface area (Å²) in [6.45, 7) is 12.7. The fraction of sp³-hybridized carbons (Fsp3) is 0.455. The Hall–Kier alpha value is -2.36. The molecule has 4 heteroatoms. The van der Waals surface area contributed by atoms with Gasteiger partial charge in [-0.1, -0.05) is 46.7 Å². The molecule has 1 unspecified atom stereocenters. The van der Waals surface area contributed by atoms with Crippen LogP contribution in [-0.4, -0.2) is 15.8 Å². The van der Waals surface area contributed by atoms with Gasteiger partial charge in [-0.25, -0.2) is 0 Å².